The molecule has 0 saturated carbocycles. The number of para-hydroxylation sites is 1. The predicted octanol–water partition coefficient (Wildman–Crippen LogP) is 2.09. The summed E-state index contributed by atoms with van der Waals surface area (Å²) in [5.41, 5.74) is 0.781. The molecule has 1 fully saturated rings. The minimum atomic E-state index is -0.707. The van der Waals surface area contributed by atoms with E-state index in [-0.39, 0.29) is 42.8 Å². The molecule has 2 heterocycles. The van der Waals surface area contributed by atoms with Gasteiger partial charge in [-0.25, -0.2) is 0 Å². The Morgan fingerprint density at radius 3 is 2.53 bits per heavy atom. The Morgan fingerprint density at radius 1 is 1.25 bits per heavy atom. The van der Waals surface area contributed by atoms with Gasteiger partial charge in [0, 0.05) is 25.5 Å². The molecule has 3 amide bonds. The van der Waals surface area contributed by atoms with Gasteiger partial charge >= 0.3 is 0 Å². The van der Waals surface area contributed by atoms with Crippen molar-refractivity contribution < 1.29 is 14.4 Å². The van der Waals surface area contributed by atoms with E-state index < -0.39 is 12.0 Å². The second kappa shape index (κ2) is 9.22. The van der Waals surface area contributed by atoms with E-state index in [1.165, 1.54) is 23.0 Å². The van der Waals surface area contributed by atoms with E-state index in [1.54, 1.807) is 23.0 Å². The first-order valence-electron chi connectivity index (χ1n) is 10.5. The summed E-state index contributed by atoms with van der Waals surface area (Å²) in [5.74, 6) is -1.42. The Balaban J connectivity index is 1.62. The highest BCUT2D eigenvalue weighted by atomic mass is 16.2. The number of carbonyl (C=O) groups is 3. The molecular formula is C23H28N6O3. The molecule has 2 aromatic rings. The number of aromatic nitrogens is 2. The van der Waals surface area contributed by atoms with Crippen molar-refractivity contribution >= 4 is 23.4 Å². The zero-order valence-corrected chi connectivity index (χ0v) is 18.8. The smallest absolute Gasteiger partial charge is 0.257 e. The second-order valence-electron chi connectivity index (χ2n) is 8.98. The minimum Gasteiger partial charge on any atom is -0.332 e. The van der Waals surface area contributed by atoms with Gasteiger partial charge in [0.15, 0.2) is 0 Å². The van der Waals surface area contributed by atoms with Gasteiger partial charge < -0.3 is 15.1 Å². The number of nitrogens with one attached hydrogen (secondary N) is 1. The number of rotatable bonds is 5. The van der Waals surface area contributed by atoms with Crippen molar-refractivity contribution in [3.63, 3.8) is 0 Å². The number of hydrogen-bond donors (Lipinski definition) is 1. The van der Waals surface area contributed by atoms with Crippen LogP contribution in [0.5, 0.6) is 0 Å². The lowest BCUT2D eigenvalue weighted by Crippen LogP contribution is -2.43. The van der Waals surface area contributed by atoms with Crippen molar-refractivity contribution in [2.75, 3.05) is 25.5 Å². The average molecular weight is 437 g/mol. The molecule has 1 aromatic heterocycles. The largest absolute Gasteiger partial charge is 0.332 e. The molecule has 0 radical (unpaired) electrons. The van der Waals surface area contributed by atoms with Gasteiger partial charge in [0.05, 0.1) is 35.8 Å². The number of likely N-dealkylation sites (tertiary alicyclic amines) is 1. The molecule has 2 atom stereocenters. The first-order chi connectivity index (χ1) is 15.1. The molecule has 168 valence electrons. The maximum atomic E-state index is 12.9. The average Bonchev–Trinajstić information content (AvgIpc) is 3.41. The van der Waals surface area contributed by atoms with E-state index in [9.17, 15) is 19.6 Å². The fourth-order valence-corrected chi connectivity index (χ4v) is 3.58. The Labute approximate surface area is 187 Å². The number of amides is 3. The summed E-state index contributed by atoms with van der Waals surface area (Å²) in [5, 5.41) is 16.6. The lowest BCUT2D eigenvalue weighted by atomic mass is 10.1. The van der Waals surface area contributed by atoms with Crippen molar-refractivity contribution in [1.29, 1.82) is 5.26 Å². The molecule has 2 unspecified atom stereocenters. The number of nitrogens with zero attached hydrogens (tertiary/aromatic N) is 5. The third-order valence-electron chi connectivity index (χ3n) is 5.42. The summed E-state index contributed by atoms with van der Waals surface area (Å²) >= 11 is 0. The summed E-state index contributed by atoms with van der Waals surface area (Å²) in [6.07, 6.45) is 3.39. The Hall–Kier alpha value is -3.67. The molecule has 1 aromatic carbocycles. The first kappa shape index (κ1) is 23.0. The van der Waals surface area contributed by atoms with Crippen molar-refractivity contribution in [2.45, 2.75) is 38.8 Å². The zero-order valence-electron chi connectivity index (χ0n) is 18.8. The van der Waals surface area contributed by atoms with E-state index >= 15 is 0 Å². The van der Waals surface area contributed by atoms with Gasteiger partial charge in [-0.3, -0.25) is 19.1 Å². The van der Waals surface area contributed by atoms with E-state index in [4.69, 9.17) is 0 Å². The minimum absolute atomic E-state index is 0.139. The lowest BCUT2D eigenvalue weighted by molar-refractivity contribution is -0.131. The molecule has 32 heavy (non-hydrogen) atoms. The number of benzene rings is 1. The van der Waals surface area contributed by atoms with Crippen LogP contribution in [-0.4, -0.2) is 63.5 Å². The Morgan fingerprint density at radius 2 is 1.94 bits per heavy atom. The van der Waals surface area contributed by atoms with Crippen LogP contribution in [0.3, 0.4) is 0 Å². The van der Waals surface area contributed by atoms with Crippen LogP contribution >= 0.6 is 0 Å². The SMILES string of the molecule is CN(CC(=O)N1CC(C(=O)Nc2ccccc2)CC1C#N)C(=O)c1cnn(C(C)(C)C)c1. The van der Waals surface area contributed by atoms with Gasteiger partial charge in [-0.15, -0.1) is 0 Å². The monoisotopic (exact) mass is 436 g/mol. The van der Waals surface area contributed by atoms with Gasteiger partial charge in [-0.2, -0.15) is 10.4 Å². The molecule has 9 nitrogen and oxygen atoms in total. The number of nitriles is 1. The normalized spacial score (nSPS) is 18.2. The molecule has 1 aliphatic rings. The highest BCUT2D eigenvalue weighted by molar-refractivity contribution is 5.96. The molecular weight excluding hydrogens is 408 g/mol. The van der Waals surface area contributed by atoms with Crippen molar-refractivity contribution in [1.82, 2.24) is 19.6 Å². The summed E-state index contributed by atoms with van der Waals surface area (Å²) in [6.45, 7) is 5.87. The Bertz CT molecular complexity index is 1030. The van der Waals surface area contributed by atoms with Gasteiger partial charge in [0.25, 0.3) is 5.91 Å². The molecule has 1 N–H and O–H groups in total. The van der Waals surface area contributed by atoms with Crippen molar-refractivity contribution in [2.24, 2.45) is 5.92 Å². The first-order valence-corrected chi connectivity index (χ1v) is 10.5. The van der Waals surface area contributed by atoms with Crippen LogP contribution < -0.4 is 5.32 Å². The van der Waals surface area contributed by atoms with Crippen molar-refractivity contribution in [3.8, 4) is 6.07 Å². The fourth-order valence-electron chi connectivity index (χ4n) is 3.58. The zero-order chi connectivity index (χ0) is 23.5. The van der Waals surface area contributed by atoms with Crippen LogP contribution in [0, 0.1) is 17.2 Å². The predicted molar refractivity (Wildman–Crippen MR) is 118 cm³/mol. The van der Waals surface area contributed by atoms with Crippen LogP contribution in [0.15, 0.2) is 42.7 Å². The molecule has 0 aliphatic carbocycles. The standard InChI is InChI=1S/C23H28N6O3/c1-23(2,3)29-14-17(12-25-29)22(32)27(4)15-20(30)28-13-16(10-19(28)11-24)21(31)26-18-8-6-5-7-9-18/h5-9,12,14,16,19H,10,13,15H2,1-4H3,(H,26,31). The third kappa shape index (κ3) is 5.14. The van der Waals surface area contributed by atoms with Crippen LogP contribution in [0.4, 0.5) is 5.69 Å². The number of anilines is 1. The molecule has 0 bridgehead atoms. The number of carbonyl (C=O) groups excluding carboxylic acids is 3. The molecule has 3 rings (SSSR count). The van der Waals surface area contributed by atoms with Crippen LogP contribution in [0.1, 0.15) is 37.6 Å². The number of hydrogen-bond acceptors (Lipinski definition) is 5. The van der Waals surface area contributed by atoms with E-state index in [2.05, 4.69) is 16.5 Å². The van der Waals surface area contributed by atoms with Crippen LogP contribution in [0.2, 0.25) is 0 Å². The highest BCUT2D eigenvalue weighted by Gasteiger charge is 2.39. The lowest BCUT2D eigenvalue weighted by Gasteiger charge is -2.23. The maximum absolute atomic E-state index is 12.9. The van der Waals surface area contributed by atoms with Gasteiger partial charge in [-0.05, 0) is 39.3 Å². The van der Waals surface area contributed by atoms with Gasteiger partial charge in [0.2, 0.25) is 11.8 Å². The quantitative estimate of drug-likeness (QED) is 0.771. The fraction of sp³-hybridized carbons (Fsp3) is 0.435. The van der Waals surface area contributed by atoms with Gasteiger partial charge in [0.1, 0.15) is 6.04 Å². The second-order valence-corrected chi connectivity index (χ2v) is 8.98. The highest BCUT2D eigenvalue weighted by Crippen LogP contribution is 2.25. The molecule has 0 spiro atoms. The van der Waals surface area contributed by atoms with Crippen LogP contribution in [-0.2, 0) is 15.1 Å². The van der Waals surface area contributed by atoms with E-state index in [0.29, 0.717) is 11.3 Å². The summed E-state index contributed by atoms with van der Waals surface area (Å²) in [6, 6.07) is 10.4. The maximum Gasteiger partial charge on any atom is 0.257 e. The topological polar surface area (TPSA) is 111 Å². The Kier molecular flexibility index (Phi) is 6.63. The van der Waals surface area contributed by atoms with E-state index in [0.717, 1.165) is 0 Å². The third-order valence-corrected chi connectivity index (χ3v) is 5.42. The summed E-state index contributed by atoms with van der Waals surface area (Å²) < 4.78 is 1.69. The molecule has 9 heteroatoms. The molecule has 1 aliphatic heterocycles. The van der Waals surface area contributed by atoms with E-state index in [1.807, 2.05) is 39.0 Å². The van der Waals surface area contributed by atoms with Crippen molar-refractivity contribution in [3.05, 3.63) is 48.3 Å². The van der Waals surface area contributed by atoms with Gasteiger partial charge in [-0.1, -0.05) is 18.2 Å². The summed E-state index contributed by atoms with van der Waals surface area (Å²) in [7, 11) is 1.53. The van der Waals surface area contributed by atoms with Crippen LogP contribution in [0.25, 0.3) is 0 Å². The molecule has 1 saturated heterocycles. The summed E-state index contributed by atoms with van der Waals surface area (Å²) in [4.78, 5) is 40.9. The number of likely N-dealkylation sites (N-methyl/N-ethyl adjacent to an activating group) is 1.